The molecule has 0 atom stereocenters. The molecule has 0 aromatic heterocycles. The number of alkyl halides is 2. The lowest BCUT2D eigenvalue weighted by Crippen LogP contribution is -2.41. The zero-order valence-electron chi connectivity index (χ0n) is 15.1. The van der Waals surface area contributed by atoms with Gasteiger partial charge in [-0.25, -0.2) is 21.9 Å². The molecule has 10 heteroatoms. The largest absolute Gasteiger partial charge is 0.346 e. The molecule has 2 aromatic carbocycles. The Morgan fingerprint density at radius 2 is 1.79 bits per heavy atom. The van der Waals surface area contributed by atoms with E-state index in [1.807, 2.05) is 6.07 Å². The summed E-state index contributed by atoms with van der Waals surface area (Å²) in [6.07, 6.45) is 0. The lowest BCUT2D eigenvalue weighted by Gasteiger charge is -2.15. The molecule has 6 nitrogen and oxygen atoms in total. The highest BCUT2D eigenvalue weighted by Gasteiger charge is 2.28. The van der Waals surface area contributed by atoms with Gasteiger partial charge in [0, 0.05) is 12.1 Å². The average molecular weight is 434 g/mol. The number of nitrogens with two attached hydrogens (primary N) is 1. The van der Waals surface area contributed by atoms with Crippen molar-refractivity contribution < 1.29 is 22.0 Å². The number of carbonyl (C=O) groups is 1. The minimum Gasteiger partial charge on any atom is -0.346 e. The molecular weight excluding hydrogens is 412 g/mol. The first kappa shape index (κ1) is 24.0. The van der Waals surface area contributed by atoms with E-state index in [1.54, 1.807) is 31.2 Å². The maximum absolute atomic E-state index is 13.2. The molecule has 0 saturated heterocycles. The Bertz CT molecular complexity index is 910. The average Bonchev–Trinajstić information content (AvgIpc) is 2.65. The number of rotatable bonds is 8. The van der Waals surface area contributed by atoms with Crippen LogP contribution in [0.4, 0.5) is 8.78 Å². The van der Waals surface area contributed by atoms with Crippen molar-refractivity contribution in [3.05, 3.63) is 65.2 Å². The van der Waals surface area contributed by atoms with Crippen molar-refractivity contribution >= 4 is 28.3 Å². The van der Waals surface area contributed by atoms with Crippen molar-refractivity contribution in [1.82, 2.24) is 10.0 Å². The van der Waals surface area contributed by atoms with Crippen molar-refractivity contribution in [2.75, 3.05) is 13.1 Å². The molecule has 0 radical (unpaired) electrons. The second-order valence-corrected chi connectivity index (χ2v) is 7.80. The van der Waals surface area contributed by atoms with E-state index in [9.17, 15) is 22.0 Å². The number of hydrogen-bond acceptors (Lipinski definition) is 4. The molecule has 0 unspecified atom stereocenters. The molecule has 0 saturated carbocycles. The highest BCUT2D eigenvalue weighted by Crippen LogP contribution is 2.17. The van der Waals surface area contributed by atoms with Crippen LogP contribution in [0.25, 0.3) is 0 Å². The van der Waals surface area contributed by atoms with E-state index in [2.05, 4.69) is 10.0 Å². The number of halogens is 3. The van der Waals surface area contributed by atoms with E-state index in [0.29, 0.717) is 5.56 Å². The first-order valence-electron chi connectivity index (χ1n) is 8.15. The molecule has 0 fully saturated rings. The van der Waals surface area contributed by atoms with Gasteiger partial charge in [0.2, 0.25) is 10.0 Å². The van der Waals surface area contributed by atoms with E-state index in [0.717, 1.165) is 5.56 Å². The maximum atomic E-state index is 13.2. The van der Waals surface area contributed by atoms with Gasteiger partial charge >= 0.3 is 0 Å². The van der Waals surface area contributed by atoms with Crippen LogP contribution in [-0.2, 0) is 16.6 Å². The molecule has 2 rings (SSSR count). The predicted molar refractivity (Wildman–Crippen MR) is 105 cm³/mol. The quantitative estimate of drug-likeness (QED) is 0.594. The molecule has 0 spiro atoms. The number of nitrogens with one attached hydrogen (secondary N) is 2. The number of benzene rings is 2. The summed E-state index contributed by atoms with van der Waals surface area (Å²) in [5.41, 5.74) is 6.18. The monoisotopic (exact) mass is 433 g/mol. The first-order chi connectivity index (χ1) is 12.6. The Labute approximate surface area is 169 Å². The van der Waals surface area contributed by atoms with Gasteiger partial charge in [0.05, 0.1) is 18.0 Å². The van der Waals surface area contributed by atoms with E-state index >= 15 is 0 Å². The van der Waals surface area contributed by atoms with Crippen LogP contribution in [0.3, 0.4) is 0 Å². The van der Waals surface area contributed by atoms with Crippen molar-refractivity contribution in [3.63, 3.8) is 0 Å². The lowest BCUT2D eigenvalue weighted by atomic mass is 10.1. The van der Waals surface area contributed by atoms with Gasteiger partial charge in [-0.2, -0.15) is 0 Å². The third kappa shape index (κ3) is 6.52. The highest BCUT2D eigenvalue weighted by molar-refractivity contribution is 7.89. The smallest absolute Gasteiger partial charge is 0.277 e. The second kappa shape index (κ2) is 9.92. The van der Waals surface area contributed by atoms with Crippen LogP contribution in [-0.4, -0.2) is 33.3 Å². The van der Waals surface area contributed by atoms with Gasteiger partial charge < -0.3 is 11.1 Å². The Hall–Kier alpha value is -2.07. The SMILES string of the molecule is Cc1ccc(S(=O)(=O)NCc2ccccc2)cc1C(=O)NCC(F)(F)CN.Cl. The van der Waals surface area contributed by atoms with Crippen LogP contribution in [0, 0.1) is 6.92 Å². The summed E-state index contributed by atoms with van der Waals surface area (Å²) in [5, 5.41) is 2.08. The van der Waals surface area contributed by atoms with Crippen LogP contribution in [0.1, 0.15) is 21.5 Å². The molecule has 0 aliphatic carbocycles. The van der Waals surface area contributed by atoms with E-state index < -0.39 is 34.9 Å². The minimum atomic E-state index is -3.88. The normalized spacial score (nSPS) is 11.6. The fourth-order valence-electron chi connectivity index (χ4n) is 2.25. The van der Waals surface area contributed by atoms with Gasteiger partial charge in [-0.05, 0) is 30.2 Å². The van der Waals surface area contributed by atoms with Crippen molar-refractivity contribution in [2.24, 2.45) is 5.73 Å². The minimum absolute atomic E-state index is 0. The van der Waals surface area contributed by atoms with E-state index in [4.69, 9.17) is 5.73 Å². The van der Waals surface area contributed by atoms with Crippen molar-refractivity contribution in [3.8, 4) is 0 Å². The second-order valence-electron chi connectivity index (χ2n) is 6.03. The fraction of sp³-hybridized carbons (Fsp3) is 0.278. The van der Waals surface area contributed by atoms with Gasteiger partial charge in [-0.1, -0.05) is 36.4 Å². The number of hydrogen-bond donors (Lipinski definition) is 3. The summed E-state index contributed by atoms with van der Waals surface area (Å²) in [5.74, 6) is -4.02. The summed E-state index contributed by atoms with van der Waals surface area (Å²) < 4.78 is 53.8. The molecule has 154 valence electrons. The number of aryl methyl sites for hydroxylation is 1. The molecule has 28 heavy (non-hydrogen) atoms. The van der Waals surface area contributed by atoms with Crippen LogP contribution in [0.15, 0.2) is 53.4 Å². The Morgan fingerprint density at radius 1 is 1.14 bits per heavy atom. The van der Waals surface area contributed by atoms with Gasteiger partial charge in [0.15, 0.2) is 0 Å². The summed E-state index contributed by atoms with van der Waals surface area (Å²) in [6, 6.07) is 12.9. The van der Waals surface area contributed by atoms with Gasteiger partial charge in [0.25, 0.3) is 11.8 Å². The number of amides is 1. The zero-order valence-corrected chi connectivity index (χ0v) is 16.7. The first-order valence-corrected chi connectivity index (χ1v) is 9.63. The highest BCUT2D eigenvalue weighted by atomic mass is 35.5. The molecule has 0 heterocycles. The molecule has 4 N–H and O–H groups in total. The third-order valence-electron chi connectivity index (χ3n) is 3.88. The molecule has 0 bridgehead atoms. The Kier molecular flexibility index (Phi) is 8.49. The van der Waals surface area contributed by atoms with Crippen LogP contribution < -0.4 is 15.8 Å². The standard InChI is InChI=1S/C18H21F2N3O3S.ClH/c1-13-7-8-15(9-16(13)17(24)22-12-18(19,20)11-21)27(25,26)23-10-14-5-3-2-4-6-14;/h2-9,23H,10-12,21H2,1H3,(H,22,24);1H. The summed E-state index contributed by atoms with van der Waals surface area (Å²) in [6.45, 7) is -0.153. The maximum Gasteiger partial charge on any atom is 0.277 e. The van der Waals surface area contributed by atoms with Crippen molar-refractivity contribution in [2.45, 2.75) is 24.3 Å². The lowest BCUT2D eigenvalue weighted by molar-refractivity contribution is 0.0118. The van der Waals surface area contributed by atoms with Gasteiger partial charge in [0.1, 0.15) is 0 Å². The Balaban J connectivity index is 0.00000392. The van der Waals surface area contributed by atoms with Crippen LogP contribution in [0.2, 0.25) is 0 Å². The molecule has 2 aromatic rings. The molecule has 1 amide bonds. The van der Waals surface area contributed by atoms with Crippen molar-refractivity contribution in [1.29, 1.82) is 0 Å². The Morgan fingerprint density at radius 3 is 2.39 bits per heavy atom. The summed E-state index contributed by atoms with van der Waals surface area (Å²) in [4.78, 5) is 12.1. The number of carbonyl (C=O) groups excluding carboxylic acids is 1. The third-order valence-corrected chi connectivity index (χ3v) is 5.28. The zero-order chi connectivity index (χ0) is 20.1. The van der Waals surface area contributed by atoms with E-state index in [1.165, 1.54) is 18.2 Å². The summed E-state index contributed by atoms with van der Waals surface area (Å²) >= 11 is 0. The fourth-order valence-corrected chi connectivity index (χ4v) is 3.29. The van der Waals surface area contributed by atoms with E-state index in [-0.39, 0.29) is 29.4 Å². The van der Waals surface area contributed by atoms with Crippen LogP contribution in [0.5, 0.6) is 0 Å². The molecule has 0 aliphatic rings. The number of sulfonamides is 1. The molecular formula is C18H22ClF2N3O3S. The van der Waals surface area contributed by atoms with Gasteiger partial charge in [-0.3, -0.25) is 4.79 Å². The van der Waals surface area contributed by atoms with Crippen LogP contribution >= 0.6 is 12.4 Å². The predicted octanol–water partition coefficient (Wildman–Crippen LogP) is 2.22. The summed E-state index contributed by atoms with van der Waals surface area (Å²) in [7, 11) is -3.88. The molecule has 0 aliphatic heterocycles. The van der Waals surface area contributed by atoms with Gasteiger partial charge in [-0.15, -0.1) is 12.4 Å². The topological polar surface area (TPSA) is 101 Å².